The number of benzene rings is 1. The molecule has 32 heavy (non-hydrogen) atoms. The van der Waals surface area contributed by atoms with Crippen molar-refractivity contribution < 1.29 is 18.7 Å². The third kappa shape index (κ3) is 4.24. The summed E-state index contributed by atoms with van der Waals surface area (Å²) in [6, 6.07) is 13.1. The largest absolute Gasteiger partial charge is 0.463 e. The van der Waals surface area contributed by atoms with Gasteiger partial charge in [-0.15, -0.1) is 0 Å². The van der Waals surface area contributed by atoms with E-state index in [0.717, 1.165) is 24.0 Å². The maximum absolute atomic E-state index is 13.5. The molecule has 0 spiro atoms. The van der Waals surface area contributed by atoms with Crippen molar-refractivity contribution in [2.24, 2.45) is 0 Å². The van der Waals surface area contributed by atoms with Gasteiger partial charge in [0.2, 0.25) is 5.91 Å². The number of fused-ring (bicyclic) bond motifs is 1. The van der Waals surface area contributed by atoms with E-state index in [1.54, 1.807) is 18.4 Å². The van der Waals surface area contributed by atoms with Gasteiger partial charge in [0.25, 0.3) is 5.91 Å². The van der Waals surface area contributed by atoms with Crippen LogP contribution < -0.4 is 0 Å². The van der Waals surface area contributed by atoms with Gasteiger partial charge in [-0.1, -0.05) is 18.2 Å². The zero-order valence-corrected chi connectivity index (χ0v) is 17.9. The molecule has 1 aromatic carbocycles. The summed E-state index contributed by atoms with van der Waals surface area (Å²) in [5, 5.41) is 0.818. The van der Waals surface area contributed by atoms with Crippen LogP contribution in [0.2, 0.25) is 0 Å². The van der Waals surface area contributed by atoms with Gasteiger partial charge in [-0.05, 0) is 24.3 Å². The van der Waals surface area contributed by atoms with Crippen molar-refractivity contribution in [2.45, 2.75) is 0 Å². The lowest BCUT2D eigenvalue weighted by Crippen LogP contribution is -2.53. The lowest BCUT2D eigenvalue weighted by molar-refractivity contribution is -0.134. The van der Waals surface area contributed by atoms with E-state index in [-0.39, 0.29) is 11.8 Å². The summed E-state index contributed by atoms with van der Waals surface area (Å²) in [7, 11) is 0. The molecule has 2 aliphatic heterocycles. The van der Waals surface area contributed by atoms with Crippen LogP contribution in [0.1, 0.15) is 10.4 Å². The number of pyridine rings is 1. The Hall–Kier alpha value is -3.23. The summed E-state index contributed by atoms with van der Waals surface area (Å²) >= 11 is 0. The number of rotatable bonds is 4. The first-order valence-corrected chi connectivity index (χ1v) is 11.0. The Bertz CT molecular complexity index is 1100. The van der Waals surface area contributed by atoms with E-state index in [4.69, 9.17) is 9.15 Å². The van der Waals surface area contributed by atoms with E-state index in [9.17, 15) is 9.59 Å². The number of hydrogen-bond donors (Lipinski definition) is 0. The molecule has 2 aromatic heterocycles. The second-order valence-electron chi connectivity index (χ2n) is 8.11. The first-order valence-electron chi connectivity index (χ1n) is 11.0. The van der Waals surface area contributed by atoms with Gasteiger partial charge in [0.15, 0.2) is 5.76 Å². The van der Waals surface area contributed by atoms with Crippen LogP contribution in [-0.4, -0.2) is 90.5 Å². The molecule has 0 unspecified atom stereocenters. The van der Waals surface area contributed by atoms with Crippen LogP contribution in [0.4, 0.5) is 0 Å². The fraction of sp³-hybridized carbons (Fsp3) is 0.375. The molecule has 2 fully saturated rings. The van der Waals surface area contributed by atoms with Crippen molar-refractivity contribution in [2.75, 3.05) is 59.0 Å². The number of carbonyl (C=O) groups excluding carboxylic acids is 2. The molecular formula is C24H26N4O4. The van der Waals surface area contributed by atoms with Gasteiger partial charge in [0.1, 0.15) is 5.69 Å². The van der Waals surface area contributed by atoms with Crippen LogP contribution in [0.5, 0.6) is 0 Å². The Labute approximate surface area is 186 Å². The summed E-state index contributed by atoms with van der Waals surface area (Å²) in [6.45, 7) is 5.46. The quantitative estimate of drug-likeness (QED) is 0.626. The number of nitrogens with zero attached hydrogens (tertiary/aromatic N) is 4. The highest BCUT2D eigenvalue weighted by Gasteiger charge is 2.27. The highest BCUT2D eigenvalue weighted by atomic mass is 16.5. The van der Waals surface area contributed by atoms with Crippen molar-refractivity contribution in [1.29, 1.82) is 0 Å². The van der Waals surface area contributed by atoms with Gasteiger partial charge in [-0.25, -0.2) is 4.98 Å². The van der Waals surface area contributed by atoms with Crippen molar-refractivity contribution in [3.63, 3.8) is 0 Å². The van der Waals surface area contributed by atoms with E-state index < -0.39 is 0 Å². The molecule has 4 heterocycles. The number of aromatic nitrogens is 1. The zero-order valence-electron chi connectivity index (χ0n) is 17.9. The average Bonchev–Trinajstić information content (AvgIpc) is 3.39. The molecule has 2 amide bonds. The van der Waals surface area contributed by atoms with Crippen LogP contribution in [0, 0.1) is 0 Å². The van der Waals surface area contributed by atoms with Gasteiger partial charge < -0.3 is 19.0 Å². The number of furan rings is 1. The lowest BCUT2D eigenvalue weighted by Gasteiger charge is -2.36. The number of piperazine rings is 1. The predicted octanol–water partition coefficient (Wildman–Crippen LogP) is 2.11. The van der Waals surface area contributed by atoms with Crippen molar-refractivity contribution in [1.82, 2.24) is 19.7 Å². The molecule has 0 radical (unpaired) electrons. The van der Waals surface area contributed by atoms with Gasteiger partial charge >= 0.3 is 0 Å². The Kier molecular flexibility index (Phi) is 5.87. The van der Waals surface area contributed by atoms with E-state index in [1.807, 2.05) is 40.1 Å². The fourth-order valence-corrected chi connectivity index (χ4v) is 4.28. The molecule has 3 aromatic rings. The topological polar surface area (TPSA) is 79.1 Å². The molecule has 0 aliphatic carbocycles. The summed E-state index contributed by atoms with van der Waals surface area (Å²) in [6.07, 6.45) is 1.60. The maximum Gasteiger partial charge on any atom is 0.254 e. The summed E-state index contributed by atoms with van der Waals surface area (Å²) in [4.78, 5) is 36.6. The Morgan fingerprint density at radius 2 is 1.66 bits per heavy atom. The number of amides is 2. The van der Waals surface area contributed by atoms with Crippen LogP contribution in [0.15, 0.2) is 53.1 Å². The predicted molar refractivity (Wildman–Crippen MR) is 119 cm³/mol. The number of hydrogen-bond acceptors (Lipinski definition) is 6. The SMILES string of the molecule is O=C(CN1CCOCC1)N1CCN(C(=O)c2cc(-c3ccco3)nc3ccccc23)CC1. The second kappa shape index (κ2) is 9.10. The molecule has 2 saturated heterocycles. The first kappa shape index (κ1) is 20.7. The van der Waals surface area contributed by atoms with Crippen molar-refractivity contribution in [3.05, 3.63) is 54.3 Å². The van der Waals surface area contributed by atoms with Crippen LogP contribution in [-0.2, 0) is 9.53 Å². The normalized spacial score (nSPS) is 17.6. The standard InChI is InChI=1S/C24H26N4O4/c29-23(17-26-11-14-31-15-12-26)27-7-9-28(10-8-27)24(30)19-16-21(22-6-3-13-32-22)25-20-5-2-1-4-18(19)20/h1-6,13,16H,7-12,14-15,17H2. The third-order valence-corrected chi connectivity index (χ3v) is 6.10. The molecule has 8 heteroatoms. The highest BCUT2D eigenvalue weighted by molar-refractivity contribution is 6.07. The Morgan fingerprint density at radius 3 is 2.41 bits per heavy atom. The number of morpholine rings is 1. The zero-order chi connectivity index (χ0) is 21.9. The van der Waals surface area contributed by atoms with E-state index in [0.29, 0.717) is 63.0 Å². The van der Waals surface area contributed by atoms with Gasteiger partial charge in [-0.2, -0.15) is 0 Å². The average molecular weight is 434 g/mol. The van der Waals surface area contributed by atoms with E-state index in [1.165, 1.54) is 0 Å². The van der Waals surface area contributed by atoms with Gasteiger partial charge in [-0.3, -0.25) is 14.5 Å². The van der Waals surface area contributed by atoms with Gasteiger partial charge in [0, 0.05) is 44.7 Å². The molecule has 0 atom stereocenters. The van der Waals surface area contributed by atoms with Crippen LogP contribution >= 0.6 is 0 Å². The van der Waals surface area contributed by atoms with E-state index >= 15 is 0 Å². The third-order valence-electron chi connectivity index (χ3n) is 6.10. The number of ether oxygens (including phenoxy) is 1. The molecule has 0 N–H and O–H groups in total. The minimum atomic E-state index is -0.0447. The smallest absolute Gasteiger partial charge is 0.254 e. The van der Waals surface area contributed by atoms with Crippen molar-refractivity contribution in [3.8, 4) is 11.5 Å². The lowest BCUT2D eigenvalue weighted by atomic mass is 10.0. The highest BCUT2D eigenvalue weighted by Crippen LogP contribution is 2.26. The van der Waals surface area contributed by atoms with Crippen LogP contribution in [0.3, 0.4) is 0 Å². The molecule has 0 saturated carbocycles. The van der Waals surface area contributed by atoms with Gasteiger partial charge in [0.05, 0.1) is 37.1 Å². The Balaban J connectivity index is 1.30. The second-order valence-corrected chi connectivity index (χ2v) is 8.11. The molecule has 8 nitrogen and oxygen atoms in total. The summed E-state index contributed by atoms with van der Waals surface area (Å²) in [5.74, 6) is 0.702. The summed E-state index contributed by atoms with van der Waals surface area (Å²) in [5.41, 5.74) is 2.00. The molecule has 166 valence electrons. The molecule has 0 bridgehead atoms. The fourth-order valence-electron chi connectivity index (χ4n) is 4.28. The number of para-hydroxylation sites is 1. The number of carbonyl (C=O) groups is 2. The first-order chi connectivity index (χ1) is 15.7. The Morgan fingerprint density at radius 1 is 0.906 bits per heavy atom. The molecular weight excluding hydrogens is 408 g/mol. The molecule has 2 aliphatic rings. The minimum absolute atomic E-state index is 0.0447. The monoisotopic (exact) mass is 434 g/mol. The van der Waals surface area contributed by atoms with E-state index in [2.05, 4.69) is 9.88 Å². The maximum atomic E-state index is 13.5. The van der Waals surface area contributed by atoms with Crippen LogP contribution in [0.25, 0.3) is 22.4 Å². The van der Waals surface area contributed by atoms with Crippen molar-refractivity contribution >= 4 is 22.7 Å². The molecule has 5 rings (SSSR count). The summed E-state index contributed by atoms with van der Waals surface area (Å²) < 4.78 is 10.9. The minimum Gasteiger partial charge on any atom is -0.463 e.